The quantitative estimate of drug-likeness (QED) is 0.491. The molecular formula is C8H8Cl3NO3S. The van der Waals surface area contributed by atoms with Gasteiger partial charge in [0.25, 0.3) is 0 Å². The Hall–Kier alpha value is -0.490. The van der Waals surface area contributed by atoms with E-state index in [1.807, 2.05) is 0 Å². The van der Waals surface area contributed by atoms with Crippen LogP contribution < -0.4 is 5.73 Å². The normalized spacial score (nSPS) is 10.2. The van der Waals surface area contributed by atoms with Gasteiger partial charge in [-0.25, -0.2) is 0 Å². The number of rotatable bonds is 1. The summed E-state index contributed by atoms with van der Waals surface area (Å²) in [6.07, 6.45) is 0. The van der Waals surface area contributed by atoms with E-state index in [1.165, 1.54) is 6.92 Å². The van der Waals surface area contributed by atoms with Gasteiger partial charge in [0.1, 0.15) is 0 Å². The van der Waals surface area contributed by atoms with Gasteiger partial charge in [-0.05, 0) is 25.1 Å². The Morgan fingerprint density at radius 3 is 2.06 bits per heavy atom. The maximum absolute atomic E-state index is 10.9. The Bertz CT molecular complexity index is 479. The maximum Gasteiger partial charge on any atom is 0.317 e. The van der Waals surface area contributed by atoms with Crippen LogP contribution in [0.15, 0.2) is 18.2 Å². The molecule has 0 aliphatic rings. The van der Waals surface area contributed by atoms with Gasteiger partial charge in [0.15, 0.2) is 5.78 Å². The van der Waals surface area contributed by atoms with Crippen LogP contribution in [0.25, 0.3) is 0 Å². The lowest BCUT2D eigenvalue weighted by Crippen LogP contribution is -1.94. The molecule has 0 aromatic heterocycles. The molecule has 16 heavy (non-hydrogen) atoms. The standard InChI is InChI=1S/C8H8ClNO.Cl2O2S/c1-5(11)7-3-2-6(10)4-8(7)9;1-5(2,3)4/h2-4H,10H2,1H3;. The van der Waals surface area contributed by atoms with E-state index in [1.54, 1.807) is 18.2 Å². The molecule has 0 saturated heterocycles. The van der Waals surface area contributed by atoms with E-state index in [0.717, 1.165) is 0 Å². The fourth-order valence-electron chi connectivity index (χ4n) is 0.817. The van der Waals surface area contributed by atoms with E-state index in [-0.39, 0.29) is 5.78 Å². The van der Waals surface area contributed by atoms with Crippen LogP contribution >= 0.6 is 33.0 Å². The third kappa shape index (κ3) is 7.76. The zero-order valence-corrected chi connectivity index (χ0v) is 11.2. The summed E-state index contributed by atoms with van der Waals surface area (Å²) >= 11 is 5.72. The van der Waals surface area contributed by atoms with Crippen molar-refractivity contribution in [1.29, 1.82) is 0 Å². The van der Waals surface area contributed by atoms with Crippen molar-refractivity contribution in [3.05, 3.63) is 28.8 Å². The maximum atomic E-state index is 10.9. The zero-order valence-electron chi connectivity index (χ0n) is 8.08. The molecule has 0 amide bonds. The minimum absolute atomic E-state index is 0.0463. The smallest absolute Gasteiger partial charge is 0.317 e. The van der Waals surface area contributed by atoms with Crippen LogP contribution in [-0.2, 0) is 8.26 Å². The molecule has 1 aromatic carbocycles. The minimum Gasteiger partial charge on any atom is -0.399 e. The van der Waals surface area contributed by atoms with Gasteiger partial charge in [0, 0.05) is 32.6 Å². The number of nitrogen functional groups attached to an aromatic ring is 1. The highest BCUT2D eigenvalue weighted by atomic mass is 36.0. The first-order valence-electron chi connectivity index (χ1n) is 3.81. The van der Waals surface area contributed by atoms with Crippen molar-refractivity contribution in [2.75, 3.05) is 5.73 Å². The van der Waals surface area contributed by atoms with Gasteiger partial charge in [-0.15, -0.1) is 0 Å². The zero-order chi connectivity index (χ0) is 12.9. The summed E-state index contributed by atoms with van der Waals surface area (Å²) < 4.78 is 18.3. The van der Waals surface area contributed by atoms with Crippen LogP contribution in [0.2, 0.25) is 5.02 Å². The molecule has 0 unspecified atom stereocenters. The SMILES string of the molecule is CC(=O)c1ccc(N)cc1Cl.O=S(=O)(Cl)Cl. The molecule has 8 heteroatoms. The fraction of sp³-hybridized carbons (Fsp3) is 0.125. The van der Waals surface area contributed by atoms with Crippen molar-refractivity contribution < 1.29 is 13.2 Å². The van der Waals surface area contributed by atoms with Crippen LogP contribution in [0.3, 0.4) is 0 Å². The topological polar surface area (TPSA) is 77.2 Å². The molecular weight excluding hydrogens is 297 g/mol. The lowest BCUT2D eigenvalue weighted by molar-refractivity contribution is 0.101. The summed E-state index contributed by atoms with van der Waals surface area (Å²) in [5.41, 5.74) is 6.52. The molecule has 0 saturated carbocycles. The van der Waals surface area contributed by atoms with Crippen LogP contribution in [0, 0.1) is 0 Å². The van der Waals surface area contributed by atoms with Gasteiger partial charge in [-0.3, -0.25) is 4.79 Å². The minimum atomic E-state index is -3.72. The number of halogens is 3. The number of carbonyl (C=O) groups is 1. The number of anilines is 1. The van der Waals surface area contributed by atoms with E-state index in [4.69, 9.17) is 25.8 Å². The van der Waals surface area contributed by atoms with Crippen LogP contribution in [0.1, 0.15) is 17.3 Å². The van der Waals surface area contributed by atoms with Crippen molar-refractivity contribution in [3.63, 3.8) is 0 Å². The van der Waals surface area contributed by atoms with Crippen molar-refractivity contribution in [2.24, 2.45) is 0 Å². The van der Waals surface area contributed by atoms with Crippen LogP contribution in [0.5, 0.6) is 0 Å². The number of ketones is 1. The molecule has 90 valence electrons. The van der Waals surface area contributed by atoms with Gasteiger partial charge in [0.05, 0.1) is 5.02 Å². The summed E-state index contributed by atoms with van der Waals surface area (Å²) in [6.45, 7) is 1.47. The molecule has 0 heterocycles. The second-order valence-corrected chi connectivity index (χ2v) is 6.75. The number of benzene rings is 1. The summed E-state index contributed by atoms with van der Waals surface area (Å²) in [5, 5.41) is 0.414. The first kappa shape index (κ1) is 15.5. The Kier molecular flexibility index (Phi) is 6.10. The Morgan fingerprint density at radius 1 is 1.31 bits per heavy atom. The average Bonchev–Trinajstić information content (AvgIpc) is 1.99. The molecule has 4 nitrogen and oxygen atoms in total. The molecule has 0 spiro atoms. The number of Topliss-reactive ketones (excluding diaryl/α,β-unsaturated/α-hetero) is 1. The molecule has 1 rings (SSSR count). The summed E-state index contributed by atoms with van der Waals surface area (Å²) in [6, 6.07) is 4.85. The second-order valence-electron chi connectivity index (χ2n) is 2.67. The molecule has 0 aliphatic heterocycles. The average molecular weight is 305 g/mol. The number of hydrogen-bond donors (Lipinski definition) is 1. The molecule has 0 aliphatic carbocycles. The van der Waals surface area contributed by atoms with Gasteiger partial charge >= 0.3 is 8.26 Å². The largest absolute Gasteiger partial charge is 0.399 e. The monoisotopic (exact) mass is 303 g/mol. The molecule has 0 fully saturated rings. The molecule has 1 aromatic rings. The summed E-state index contributed by atoms with van der Waals surface area (Å²) in [4.78, 5) is 10.9. The molecule has 0 radical (unpaired) electrons. The third-order valence-corrected chi connectivity index (χ3v) is 1.69. The highest BCUT2D eigenvalue weighted by Gasteiger charge is 2.03. The lowest BCUT2D eigenvalue weighted by Gasteiger charge is -1.99. The molecule has 0 atom stereocenters. The van der Waals surface area contributed by atoms with Crippen molar-refractivity contribution in [3.8, 4) is 0 Å². The third-order valence-electron chi connectivity index (χ3n) is 1.37. The van der Waals surface area contributed by atoms with Crippen LogP contribution in [0.4, 0.5) is 5.69 Å². The lowest BCUT2D eigenvalue weighted by atomic mass is 10.1. The highest BCUT2D eigenvalue weighted by Crippen LogP contribution is 2.19. The first-order valence-corrected chi connectivity index (χ1v) is 7.33. The predicted molar refractivity (Wildman–Crippen MR) is 66.5 cm³/mol. The Balaban J connectivity index is 0.000000385. The van der Waals surface area contributed by atoms with Gasteiger partial charge in [-0.2, -0.15) is 8.42 Å². The highest BCUT2D eigenvalue weighted by molar-refractivity contribution is 8.31. The number of hydrogen-bond acceptors (Lipinski definition) is 4. The first-order chi connectivity index (χ1) is 7.11. The number of carbonyl (C=O) groups excluding carboxylic acids is 1. The van der Waals surface area contributed by atoms with Crippen LogP contribution in [-0.4, -0.2) is 14.2 Å². The Labute approximate surface area is 107 Å². The van der Waals surface area contributed by atoms with E-state index in [2.05, 4.69) is 21.4 Å². The van der Waals surface area contributed by atoms with E-state index >= 15 is 0 Å². The number of nitrogens with two attached hydrogens (primary N) is 1. The fourth-order valence-corrected chi connectivity index (χ4v) is 1.14. The predicted octanol–water partition coefficient (Wildman–Crippen LogP) is 2.83. The summed E-state index contributed by atoms with van der Waals surface area (Å²) in [5.74, 6) is -0.0463. The van der Waals surface area contributed by atoms with E-state index in [9.17, 15) is 4.79 Å². The van der Waals surface area contributed by atoms with Crippen molar-refractivity contribution >= 4 is 52.7 Å². The van der Waals surface area contributed by atoms with Gasteiger partial charge in [0.2, 0.25) is 0 Å². The van der Waals surface area contributed by atoms with E-state index < -0.39 is 8.26 Å². The summed E-state index contributed by atoms with van der Waals surface area (Å²) in [7, 11) is 4.81. The van der Waals surface area contributed by atoms with Gasteiger partial charge in [-0.1, -0.05) is 11.6 Å². The second kappa shape index (κ2) is 6.30. The van der Waals surface area contributed by atoms with Crippen molar-refractivity contribution in [1.82, 2.24) is 0 Å². The molecule has 2 N–H and O–H groups in total. The van der Waals surface area contributed by atoms with Gasteiger partial charge < -0.3 is 5.73 Å². The molecule has 0 bridgehead atoms. The van der Waals surface area contributed by atoms with E-state index in [0.29, 0.717) is 16.3 Å². The van der Waals surface area contributed by atoms with Crippen molar-refractivity contribution in [2.45, 2.75) is 6.92 Å². The Morgan fingerprint density at radius 2 is 1.75 bits per heavy atom.